The van der Waals surface area contributed by atoms with Crippen LogP contribution in [0.5, 0.6) is 0 Å². The number of anilines is 1. The Kier molecular flexibility index (Phi) is 6.47. The fourth-order valence-corrected chi connectivity index (χ4v) is 4.81. The van der Waals surface area contributed by atoms with E-state index in [0.717, 1.165) is 17.4 Å². The first-order chi connectivity index (χ1) is 15.3. The molecule has 4 aromatic rings. The van der Waals surface area contributed by atoms with E-state index >= 15 is 0 Å². The first kappa shape index (κ1) is 22.3. The Balaban J connectivity index is 1.61. The number of aromatic nitrogens is 3. The monoisotopic (exact) mass is 480 g/mol. The van der Waals surface area contributed by atoms with Crippen molar-refractivity contribution in [1.29, 1.82) is 0 Å². The molecule has 0 bridgehead atoms. The number of para-hydroxylation sites is 1. The van der Waals surface area contributed by atoms with Crippen LogP contribution in [-0.2, 0) is 17.5 Å². The van der Waals surface area contributed by atoms with E-state index in [0.29, 0.717) is 16.1 Å². The number of nitrogens with zero attached hydrogens (tertiary/aromatic N) is 4. The maximum atomic E-state index is 13.4. The molecule has 1 amide bonds. The second-order valence-corrected chi connectivity index (χ2v) is 8.76. The van der Waals surface area contributed by atoms with Crippen molar-refractivity contribution in [1.82, 2.24) is 14.8 Å². The van der Waals surface area contributed by atoms with Gasteiger partial charge in [-0.2, -0.15) is 18.3 Å². The van der Waals surface area contributed by atoms with Crippen molar-refractivity contribution in [2.75, 3.05) is 17.2 Å². The first-order valence-electron chi connectivity index (χ1n) is 9.44. The molecule has 0 radical (unpaired) electrons. The van der Waals surface area contributed by atoms with Crippen LogP contribution in [0.4, 0.5) is 22.7 Å². The van der Waals surface area contributed by atoms with Gasteiger partial charge in [-0.3, -0.25) is 14.4 Å². The molecule has 0 aliphatic heterocycles. The molecule has 0 saturated heterocycles. The largest absolute Gasteiger partial charge is 0.418 e. The van der Waals surface area contributed by atoms with E-state index in [1.807, 2.05) is 0 Å². The third-order valence-corrected chi connectivity index (χ3v) is 6.57. The summed E-state index contributed by atoms with van der Waals surface area (Å²) in [5, 5.41) is 4.29. The molecule has 0 atom stereocenters. The zero-order valence-corrected chi connectivity index (χ0v) is 18.1. The maximum absolute atomic E-state index is 13.4. The van der Waals surface area contributed by atoms with Crippen LogP contribution in [0.2, 0.25) is 0 Å². The molecule has 0 fully saturated rings. The Morgan fingerprint density at radius 3 is 2.59 bits per heavy atom. The number of rotatable bonds is 7. The van der Waals surface area contributed by atoms with Gasteiger partial charge in [-0.15, -0.1) is 11.8 Å². The number of benzene rings is 2. The molecule has 0 aliphatic carbocycles. The Bertz CT molecular complexity index is 1210. The molecule has 166 valence electrons. The second-order valence-electron chi connectivity index (χ2n) is 6.70. The fraction of sp³-hybridized carbons (Fsp3) is 0.190. The van der Waals surface area contributed by atoms with E-state index in [1.165, 1.54) is 34.9 Å². The van der Waals surface area contributed by atoms with Gasteiger partial charge in [0.15, 0.2) is 5.13 Å². The highest BCUT2D eigenvalue weighted by molar-refractivity contribution is 8.00. The maximum Gasteiger partial charge on any atom is 0.418 e. The summed E-state index contributed by atoms with van der Waals surface area (Å²) >= 11 is 2.24. The Morgan fingerprint density at radius 2 is 1.91 bits per heavy atom. The van der Waals surface area contributed by atoms with Crippen LogP contribution >= 0.6 is 23.1 Å². The van der Waals surface area contributed by atoms with Crippen molar-refractivity contribution in [3.8, 4) is 0 Å². The van der Waals surface area contributed by atoms with Gasteiger partial charge in [-0.1, -0.05) is 17.4 Å². The van der Waals surface area contributed by atoms with E-state index in [4.69, 9.17) is 0 Å². The number of hydrogen-bond acceptors (Lipinski definition) is 5. The number of carbonyl (C=O) groups is 1. The third kappa shape index (κ3) is 5.10. The van der Waals surface area contributed by atoms with Gasteiger partial charge in [-0.05, 0) is 42.5 Å². The van der Waals surface area contributed by atoms with Crippen molar-refractivity contribution in [3.63, 3.8) is 0 Å². The van der Waals surface area contributed by atoms with Crippen molar-refractivity contribution < 1.29 is 22.4 Å². The predicted octanol–water partition coefficient (Wildman–Crippen LogP) is 5.48. The van der Waals surface area contributed by atoms with Crippen LogP contribution < -0.4 is 4.90 Å². The normalized spacial score (nSPS) is 11.8. The number of thiazole rings is 1. The molecule has 0 spiro atoms. The molecule has 2 aromatic carbocycles. The quantitative estimate of drug-likeness (QED) is 0.260. The standard InChI is InChI=1S/C21H16F4N4OS2/c22-14-5-7-15(8-6-14)31-13-18(30)29(12-11-28-10-2-9-26-28)20-27-19-16(21(23,24)25)3-1-4-17(19)32-20/h1-10H,11-13H2. The van der Waals surface area contributed by atoms with Crippen molar-refractivity contribution in [2.24, 2.45) is 0 Å². The number of alkyl halides is 3. The van der Waals surface area contributed by atoms with Crippen LogP contribution in [0.15, 0.2) is 65.8 Å². The summed E-state index contributed by atoms with van der Waals surface area (Å²) < 4.78 is 55.3. The SMILES string of the molecule is O=C(CSc1ccc(F)cc1)N(CCn1cccn1)c1nc2c(C(F)(F)F)cccc2s1. The number of amides is 1. The predicted molar refractivity (Wildman–Crippen MR) is 116 cm³/mol. The smallest absolute Gasteiger partial charge is 0.285 e. The lowest BCUT2D eigenvalue weighted by atomic mass is 10.2. The number of halogens is 4. The summed E-state index contributed by atoms with van der Waals surface area (Å²) in [6.45, 7) is 0.535. The average Bonchev–Trinajstić information content (AvgIpc) is 3.42. The van der Waals surface area contributed by atoms with Gasteiger partial charge in [0.25, 0.3) is 0 Å². The van der Waals surface area contributed by atoms with Gasteiger partial charge in [0.1, 0.15) is 5.82 Å². The van der Waals surface area contributed by atoms with Crippen LogP contribution in [0, 0.1) is 5.82 Å². The molecular formula is C21H16F4N4OS2. The zero-order valence-electron chi connectivity index (χ0n) is 16.4. The highest BCUT2D eigenvalue weighted by atomic mass is 32.2. The van der Waals surface area contributed by atoms with Gasteiger partial charge < -0.3 is 0 Å². The molecule has 5 nitrogen and oxygen atoms in total. The average molecular weight is 481 g/mol. The van der Waals surface area contributed by atoms with Gasteiger partial charge in [0, 0.05) is 23.8 Å². The molecule has 0 unspecified atom stereocenters. The number of hydrogen-bond donors (Lipinski definition) is 0. The van der Waals surface area contributed by atoms with Crippen LogP contribution in [0.25, 0.3) is 10.2 Å². The van der Waals surface area contributed by atoms with Crippen LogP contribution in [0.3, 0.4) is 0 Å². The minimum absolute atomic E-state index is 0.0206. The lowest BCUT2D eigenvalue weighted by Gasteiger charge is -2.20. The summed E-state index contributed by atoms with van der Waals surface area (Å²) in [5.74, 6) is -0.678. The Hall–Kier alpha value is -2.92. The van der Waals surface area contributed by atoms with Gasteiger partial charge in [0.2, 0.25) is 5.91 Å². The van der Waals surface area contributed by atoms with E-state index in [1.54, 1.807) is 41.3 Å². The number of carbonyl (C=O) groups excluding carboxylic acids is 1. The molecule has 0 aliphatic rings. The third-order valence-electron chi connectivity index (χ3n) is 4.53. The summed E-state index contributed by atoms with van der Waals surface area (Å²) in [7, 11) is 0. The van der Waals surface area contributed by atoms with Gasteiger partial charge >= 0.3 is 6.18 Å². The lowest BCUT2D eigenvalue weighted by molar-refractivity contribution is -0.136. The first-order valence-corrected chi connectivity index (χ1v) is 11.2. The van der Waals surface area contributed by atoms with Crippen molar-refractivity contribution in [2.45, 2.75) is 17.6 Å². The molecule has 32 heavy (non-hydrogen) atoms. The lowest BCUT2D eigenvalue weighted by Crippen LogP contribution is -2.35. The van der Waals surface area contributed by atoms with E-state index in [-0.39, 0.29) is 34.7 Å². The van der Waals surface area contributed by atoms with E-state index < -0.39 is 11.7 Å². The van der Waals surface area contributed by atoms with Crippen molar-refractivity contribution in [3.05, 3.63) is 72.3 Å². The van der Waals surface area contributed by atoms with Gasteiger partial charge in [0.05, 0.1) is 28.1 Å². The summed E-state index contributed by atoms with van der Waals surface area (Å²) in [4.78, 5) is 19.3. The number of thioether (sulfide) groups is 1. The Labute approximate surface area is 188 Å². The second kappa shape index (κ2) is 9.29. The minimum atomic E-state index is -4.55. The Morgan fingerprint density at radius 1 is 1.12 bits per heavy atom. The fourth-order valence-electron chi connectivity index (χ4n) is 3.00. The van der Waals surface area contributed by atoms with Crippen molar-refractivity contribution >= 4 is 44.4 Å². The van der Waals surface area contributed by atoms with Crippen LogP contribution in [0.1, 0.15) is 5.56 Å². The molecule has 0 saturated carbocycles. The molecule has 0 N–H and O–H groups in total. The summed E-state index contributed by atoms with van der Waals surface area (Å²) in [5.41, 5.74) is -1.01. The summed E-state index contributed by atoms with van der Waals surface area (Å²) in [6.07, 6.45) is -1.22. The number of fused-ring (bicyclic) bond motifs is 1. The van der Waals surface area contributed by atoms with Gasteiger partial charge in [-0.25, -0.2) is 9.37 Å². The zero-order chi connectivity index (χ0) is 22.7. The molecule has 4 rings (SSSR count). The molecule has 2 aromatic heterocycles. The molecular weight excluding hydrogens is 464 g/mol. The minimum Gasteiger partial charge on any atom is -0.285 e. The van der Waals surface area contributed by atoms with E-state index in [2.05, 4.69) is 10.1 Å². The molecule has 2 heterocycles. The van der Waals surface area contributed by atoms with Crippen LogP contribution in [-0.4, -0.2) is 33.0 Å². The summed E-state index contributed by atoms with van der Waals surface area (Å²) in [6, 6.07) is 11.3. The highest BCUT2D eigenvalue weighted by Crippen LogP contribution is 2.38. The topological polar surface area (TPSA) is 51.0 Å². The van der Waals surface area contributed by atoms with E-state index in [9.17, 15) is 22.4 Å². The highest BCUT2D eigenvalue weighted by Gasteiger charge is 2.34. The molecule has 11 heteroatoms.